The third kappa shape index (κ3) is 3.24. The molecule has 1 aromatic rings. The highest BCUT2D eigenvalue weighted by atomic mass is 16.5. The Balaban J connectivity index is 1.56. The number of aryl methyl sites for hydroxylation is 1. The van der Waals surface area contributed by atoms with Crippen LogP contribution in [0.1, 0.15) is 37.7 Å². The Bertz CT molecular complexity index is 607. The molecule has 1 N–H and O–H groups in total. The first-order chi connectivity index (χ1) is 11.0. The van der Waals surface area contributed by atoms with Gasteiger partial charge in [0, 0.05) is 6.42 Å². The number of β-amino-alcohol motifs (C(OH)–C–C–N with tert-alkyl or cyclic N) is 1. The minimum Gasteiger partial charge on any atom is -0.491 e. The van der Waals surface area contributed by atoms with Gasteiger partial charge in [-0.1, -0.05) is 25.0 Å². The number of benzene rings is 1. The van der Waals surface area contributed by atoms with Crippen LogP contribution < -0.4 is 4.74 Å². The Morgan fingerprint density at radius 3 is 2.74 bits per heavy atom. The molecule has 1 aromatic carbocycles. The van der Waals surface area contributed by atoms with Crippen molar-refractivity contribution in [3.8, 4) is 5.75 Å². The lowest BCUT2D eigenvalue weighted by Crippen LogP contribution is -2.41. The molecule has 1 atom stereocenters. The smallest absolute Gasteiger partial charge is 0.235 e. The van der Waals surface area contributed by atoms with Crippen LogP contribution in [0.25, 0.3) is 0 Å². The van der Waals surface area contributed by atoms with Gasteiger partial charge >= 0.3 is 0 Å². The lowest BCUT2D eigenvalue weighted by atomic mass is 9.84. The summed E-state index contributed by atoms with van der Waals surface area (Å²) in [6.45, 7) is 2.05. The third-order valence-electron chi connectivity index (χ3n) is 4.88. The van der Waals surface area contributed by atoms with Gasteiger partial charge in [0.25, 0.3) is 0 Å². The highest BCUT2D eigenvalue weighted by Gasteiger charge is 2.52. The predicted molar refractivity (Wildman–Crippen MR) is 84.9 cm³/mol. The number of aliphatic hydroxyl groups excluding tert-OH is 1. The minimum absolute atomic E-state index is 0.0191. The summed E-state index contributed by atoms with van der Waals surface area (Å²) >= 11 is 0. The van der Waals surface area contributed by atoms with Gasteiger partial charge in [0.1, 0.15) is 18.5 Å². The lowest BCUT2D eigenvalue weighted by molar-refractivity contribution is -0.143. The molecule has 1 spiro atoms. The number of aliphatic hydroxyl groups is 1. The van der Waals surface area contributed by atoms with Gasteiger partial charge < -0.3 is 9.84 Å². The zero-order valence-corrected chi connectivity index (χ0v) is 13.5. The molecule has 1 saturated carbocycles. The van der Waals surface area contributed by atoms with Crippen LogP contribution in [0.2, 0.25) is 0 Å². The van der Waals surface area contributed by atoms with Crippen molar-refractivity contribution in [1.29, 1.82) is 0 Å². The Kier molecular flexibility index (Phi) is 4.39. The molecule has 1 aliphatic heterocycles. The van der Waals surface area contributed by atoms with E-state index in [-0.39, 0.29) is 25.0 Å². The maximum atomic E-state index is 12.5. The largest absolute Gasteiger partial charge is 0.491 e. The Labute approximate surface area is 136 Å². The average molecular weight is 317 g/mol. The van der Waals surface area contributed by atoms with Crippen LogP contribution in [0.4, 0.5) is 0 Å². The minimum atomic E-state index is -0.875. The van der Waals surface area contributed by atoms with E-state index in [9.17, 15) is 14.7 Å². The van der Waals surface area contributed by atoms with Gasteiger partial charge in [-0.2, -0.15) is 0 Å². The van der Waals surface area contributed by atoms with Gasteiger partial charge in [-0.25, -0.2) is 0 Å². The summed E-state index contributed by atoms with van der Waals surface area (Å²) in [4.78, 5) is 25.9. The van der Waals surface area contributed by atoms with Crippen molar-refractivity contribution in [3.05, 3.63) is 29.8 Å². The number of likely N-dealkylation sites (tertiary alicyclic amines) is 1. The SMILES string of the molecule is Cc1cccc(OCC(O)CN2C(=O)CC3(CCCC3)C2=O)c1. The normalized spacial score (nSPS) is 21.2. The van der Waals surface area contributed by atoms with E-state index in [1.54, 1.807) is 0 Å². The molecule has 0 aromatic heterocycles. The van der Waals surface area contributed by atoms with Crippen LogP contribution in [0.3, 0.4) is 0 Å². The van der Waals surface area contributed by atoms with Crippen LogP contribution in [-0.2, 0) is 9.59 Å². The molecule has 1 saturated heterocycles. The van der Waals surface area contributed by atoms with Crippen molar-refractivity contribution in [2.45, 2.75) is 45.1 Å². The molecule has 0 bridgehead atoms. The van der Waals surface area contributed by atoms with Gasteiger partial charge in [0.2, 0.25) is 11.8 Å². The van der Waals surface area contributed by atoms with Gasteiger partial charge in [-0.15, -0.1) is 0 Å². The standard InChI is InChI=1S/C18H23NO4/c1-13-5-4-6-15(9-13)23-12-14(20)11-19-16(21)10-18(17(19)22)7-2-3-8-18/h4-6,9,14,20H,2-3,7-8,10-12H2,1H3. The Morgan fingerprint density at radius 1 is 1.30 bits per heavy atom. The molecule has 0 radical (unpaired) electrons. The molecular weight excluding hydrogens is 294 g/mol. The summed E-state index contributed by atoms with van der Waals surface area (Å²) < 4.78 is 5.55. The van der Waals surface area contributed by atoms with Crippen LogP contribution in [0.15, 0.2) is 24.3 Å². The van der Waals surface area contributed by atoms with Crippen LogP contribution >= 0.6 is 0 Å². The zero-order valence-electron chi connectivity index (χ0n) is 13.5. The van der Waals surface area contributed by atoms with E-state index in [1.807, 2.05) is 31.2 Å². The van der Waals surface area contributed by atoms with E-state index in [4.69, 9.17) is 4.74 Å². The van der Waals surface area contributed by atoms with Crippen LogP contribution in [0.5, 0.6) is 5.75 Å². The summed E-state index contributed by atoms with van der Waals surface area (Å²) in [6, 6.07) is 7.55. The molecule has 1 aliphatic carbocycles. The molecule has 23 heavy (non-hydrogen) atoms. The fourth-order valence-corrected chi connectivity index (χ4v) is 3.65. The van der Waals surface area contributed by atoms with Crippen molar-refractivity contribution in [2.75, 3.05) is 13.2 Å². The number of nitrogens with zero attached hydrogens (tertiary/aromatic N) is 1. The molecule has 1 heterocycles. The third-order valence-corrected chi connectivity index (χ3v) is 4.88. The molecule has 1 unspecified atom stereocenters. The molecule has 2 aliphatic rings. The molecule has 2 amide bonds. The lowest BCUT2D eigenvalue weighted by Gasteiger charge is -2.23. The van der Waals surface area contributed by atoms with E-state index in [0.29, 0.717) is 12.2 Å². The molecule has 124 valence electrons. The van der Waals surface area contributed by atoms with Gasteiger partial charge in [0.05, 0.1) is 12.0 Å². The summed E-state index contributed by atoms with van der Waals surface area (Å²) in [5.41, 5.74) is 0.596. The van der Waals surface area contributed by atoms with Gasteiger partial charge in [0.15, 0.2) is 0 Å². The molecule has 5 heteroatoms. The number of amides is 2. The van der Waals surface area contributed by atoms with Gasteiger partial charge in [-0.3, -0.25) is 14.5 Å². The van der Waals surface area contributed by atoms with E-state index >= 15 is 0 Å². The predicted octanol–water partition coefficient (Wildman–Crippen LogP) is 2.05. The first-order valence-corrected chi connectivity index (χ1v) is 8.22. The van der Waals surface area contributed by atoms with E-state index in [1.165, 1.54) is 4.90 Å². The number of rotatable bonds is 5. The average Bonchev–Trinajstić information content (AvgIpc) is 3.07. The Hall–Kier alpha value is -1.88. The van der Waals surface area contributed by atoms with E-state index in [0.717, 1.165) is 31.2 Å². The number of hydrogen-bond acceptors (Lipinski definition) is 4. The second-order valence-electron chi connectivity index (χ2n) is 6.76. The quantitative estimate of drug-likeness (QED) is 0.844. The zero-order chi connectivity index (χ0) is 16.4. The molecular formula is C18H23NO4. The summed E-state index contributed by atoms with van der Waals surface area (Å²) in [7, 11) is 0. The van der Waals surface area contributed by atoms with E-state index < -0.39 is 11.5 Å². The topological polar surface area (TPSA) is 66.8 Å². The van der Waals surface area contributed by atoms with Crippen LogP contribution in [-0.4, -0.2) is 41.1 Å². The highest BCUT2D eigenvalue weighted by molar-refractivity contribution is 6.06. The number of carbonyl (C=O) groups is 2. The van der Waals surface area contributed by atoms with Crippen molar-refractivity contribution >= 4 is 11.8 Å². The van der Waals surface area contributed by atoms with Crippen molar-refractivity contribution in [1.82, 2.24) is 4.90 Å². The van der Waals surface area contributed by atoms with Crippen LogP contribution in [0, 0.1) is 12.3 Å². The second-order valence-corrected chi connectivity index (χ2v) is 6.76. The first-order valence-electron chi connectivity index (χ1n) is 8.22. The Morgan fingerprint density at radius 2 is 2.04 bits per heavy atom. The van der Waals surface area contributed by atoms with Crippen molar-refractivity contribution in [3.63, 3.8) is 0 Å². The number of imide groups is 1. The number of hydrogen-bond donors (Lipinski definition) is 1. The number of carbonyl (C=O) groups excluding carboxylic acids is 2. The fourth-order valence-electron chi connectivity index (χ4n) is 3.65. The monoisotopic (exact) mass is 317 g/mol. The van der Waals surface area contributed by atoms with E-state index in [2.05, 4.69) is 0 Å². The molecule has 5 nitrogen and oxygen atoms in total. The molecule has 3 rings (SSSR count). The fraction of sp³-hybridized carbons (Fsp3) is 0.556. The summed E-state index contributed by atoms with van der Waals surface area (Å²) in [5.74, 6) is 0.413. The number of ether oxygens (including phenoxy) is 1. The first kappa shape index (κ1) is 16.0. The maximum Gasteiger partial charge on any atom is 0.235 e. The summed E-state index contributed by atoms with van der Waals surface area (Å²) in [5, 5.41) is 10.1. The van der Waals surface area contributed by atoms with Gasteiger partial charge in [-0.05, 0) is 37.5 Å². The van der Waals surface area contributed by atoms with Crippen molar-refractivity contribution in [2.24, 2.45) is 5.41 Å². The second kappa shape index (κ2) is 6.32. The summed E-state index contributed by atoms with van der Waals surface area (Å²) in [6.07, 6.45) is 3.03. The molecule has 2 fully saturated rings. The highest BCUT2D eigenvalue weighted by Crippen LogP contribution is 2.46. The van der Waals surface area contributed by atoms with Crippen molar-refractivity contribution < 1.29 is 19.4 Å². The maximum absolute atomic E-state index is 12.5.